The van der Waals surface area contributed by atoms with Gasteiger partial charge in [0.2, 0.25) is 0 Å². The molecule has 0 bridgehead atoms. The van der Waals surface area contributed by atoms with E-state index in [-0.39, 0.29) is 18.2 Å². The van der Waals surface area contributed by atoms with Crippen molar-refractivity contribution in [3.05, 3.63) is 12.2 Å². The number of ether oxygens (including phenoxy) is 1. The lowest BCUT2D eigenvalue weighted by Gasteiger charge is -2.14. The molecule has 0 aromatic heterocycles. The van der Waals surface area contributed by atoms with Crippen LogP contribution in [0.15, 0.2) is 12.2 Å². The molecule has 0 fully saturated rings. The van der Waals surface area contributed by atoms with Gasteiger partial charge in [-0.15, -0.1) is 0 Å². The molecule has 0 saturated heterocycles. The molecule has 0 aliphatic heterocycles. The smallest absolute Gasteiger partial charge is 0.462 e. The zero-order valence-electron chi connectivity index (χ0n) is 8.92. The molecule has 7 nitrogen and oxygen atoms in total. The van der Waals surface area contributed by atoms with Gasteiger partial charge in [-0.05, 0) is 19.4 Å². The first-order valence-electron chi connectivity index (χ1n) is 4.58. The molecule has 0 aliphatic carbocycles. The lowest BCUT2D eigenvalue weighted by molar-refractivity contribution is -0.138. The lowest BCUT2D eigenvalue weighted by atomic mass is 10.4. The van der Waals surface area contributed by atoms with E-state index >= 15 is 0 Å². The Labute approximate surface area is 95.9 Å². The molecular formula is C7H16O7Si2. The predicted molar refractivity (Wildman–Crippen MR) is 58.1 cm³/mol. The molecule has 0 radical (unpaired) electrons. The van der Waals surface area contributed by atoms with Crippen molar-refractivity contribution in [2.75, 3.05) is 6.61 Å². The van der Waals surface area contributed by atoms with E-state index in [2.05, 4.69) is 10.7 Å². The van der Waals surface area contributed by atoms with Crippen LogP contribution in [0.5, 0.6) is 0 Å². The summed E-state index contributed by atoms with van der Waals surface area (Å²) in [4.78, 5) is 45.6. The van der Waals surface area contributed by atoms with E-state index in [9.17, 15) is 9.59 Å². The van der Waals surface area contributed by atoms with Gasteiger partial charge < -0.3 is 28.0 Å². The standard InChI is InChI=1S/C7H16O7Si2/c1-6(2)7(8)13-4-3-5-15(9)14-16(10,11)12/h9-12,15H,1,3-5H2,2H3. The first-order valence-corrected chi connectivity index (χ1v) is 8.13. The van der Waals surface area contributed by atoms with Crippen LogP contribution in [0.3, 0.4) is 0 Å². The Morgan fingerprint density at radius 3 is 2.44 bits per heavy atom. The highest BCUT2D eigenvalue weighted by Gasteiger charge is 2.34. The zero-order chi connectivity index (χ0) is 12.8. The summed E-state index contributed by atoms with van der Waals surface area (Å²) in [6, 6.07) is 0.139. The van der Waals surface area contributed by atoms with E-state index < -0.39 is 24.3 Å². The van der Waals surface area contributed by atoms with Gasteiger partial charge in [-0.3, -0.25) is 0 Å². The third-order valence-corrected chi connectivity index (χ3v) is 4.73. The summed E-state index contributed by atoms with van der Waals surface area (Å²) in [6.45, 7) is 4.98. The van der Waals surface area contributed by atoms with Gasteiger partial charge in [0.25, 0.3) is 0 Å². The minimum absolute atomic E-state index is 0.0793. The van der Waals surface area contributed by atoms with Crippen LogP contribution in [0.4, 0.5) is 0 Å². The van der Waals surface area contributed by atoms with E-state index in [4.69, 9.17) is 19.1 Å². The number of hydrogen-bond donors (Lipinski definition) is 4. The van der Waals surface area contributed by atoms with E-state index in [1.165, 1.54) is 6.92 Å². The summed E-state index contributed by atoms with van der Waals surface area (Å²) in [6.07, 6.45) is 0.316. The first kappa shape index (κ1) is 15.4. The van der Waals surface area contributed by atoms with Crippen molar-refractivity contribution in [1.29, 1.82) is 0 Å². The molecule has 0 rings (SSSR count). The summed E-state index contributed by atoms with van der Waals surface area (Å²) in [5.74, 6) is -0.521. The number of esters is 1. The van der Waals surface area contributed by atoms with Crippen molar-refractivity contribution < 1.29 is 32.8 Å². The monoisotopic (exact) mass is 268 g/mol. The summed E-state index contributed by atoms with van der Waals surface area (Å²) in [5.41, 5.74) is 0.279. The third-order valence-electron chi connectivity index (χ3n) is 1.47. The Morgan fingerprint density at radius 2 is 2.00 bits per heavy atom. The molecule has 16 heavy (non-hydrogen) atoms. The average Bonchev–Trinajstić information content (AvgIpc) is 2.08. The van der Waals surface area contributed by atoms with Crippen molar-refractivity contribution in [2.45, 2.75) is 19.4 Å². The van der Waals surface area contributed by atoms with E-state index in [0.29, 0.717) is 6.42 Å². The normalized spacial score (nSPS) is 13.3. The fraction of sp³-hybridized carbons (Fsp3) is 0.571. The van der Waals surface area contributed by atoms with Crippen molar-refractivity contribution in [1.82, 2.24) is 0 Å². The van der Waals surface area contributed by atoms with Gasteiger partial charge in [0, 0.05) is 5.57 Å². The number of rotatable bonds is 7. The van der Waals surface area contributed by atoms with Crippen LogP contribution >= 0.6 is 0 Å². The highest BCUT2D eigenvalue weighted by Crippen LogP contribution is 2.02. The SMILES string of the molecule is C=C(C)C(=O)OCCC[SiH](O)O[Si](O)(O)O. The Hall–Kier alpha value is -0.556. The molecule has 0 amide bonds. The van der Waals surface area contributed by atoms with Gasteiger partial charge in [-0.2, -0.15) is 0 Å². The molecule has 9 heteroatoms. The second kappa shape index (κ2) is 6.90. The van der Waals surface area contributed by atoms with Gasteiger partial charge in [0.15, 0.2) is 0 Å². The molecular weight excluding hydrogens is 252 g/mol. The Bertz CT molecular complexity index is 250. The van der Waals surface area contributed by atoms with E-state index in [0.717, 1.165) is 0 Å². The summed E-state index contributed by atoms with van der Waals surface area (Å²) < 4.78 is 8.96. The molecule has 0 heterocycles. The highest BCUT2D eigenvalue weighted by molar-refractivity contribution is 6.61. The predicted octanol–water partition coefficient (Wildman–Crippen LogP) is -1.86. The van der Waals surface area contributed by atoms with Gasteiger partial charge in [-0.25, -0.2) is 4.79 Å². The minimum Gasteiger partial charge on any atom is -0.462 e. The second-order valence-electron chi connectivity index (χ2n) is 3.20. The lowest BCUT2D eigenvalue weighted by Crippen LogP contribution is -2.44. The molecule has 0 spiro atoms. The van der Waals surface area contributed by atoms with Crippen LogP contribution in [0, 0.1) is 0 Å². The minimum atomic E-state index is -4.63. The van der Waals surface area contributed by atoms with Crippen LogP contribution in [0.1, 0.15) is 13.3 Å². The summed E-state index contributed by atoms with van der Waals surface area (Å²) >= 11 is 0. The molecule has 0 aliphatic rings. The highest BCUT2D eigenvalue weighted by atomic mass is 28.5. The Kier molecular flexibility index (Phi) is 6.66. The molecule has 0 aromatic carbocycles. The van der Waals surface area contributed by atoms with Crippen LogP contribution in [-0.2, 0) is 13.6 Å². The van der Waals surface area contributed by atoms with Crippen molar-refractivity contribution >= 4 is 24.3 Å². The quantitative estimate of drug-likeness (QED) is 0.185. The molecule has 4 N–H and O–H groups in total. The molecule has 0 aromatic rings. The number of carbonyl (C=O) groups excluding carboxylic acids is 1. The average molecular weight is 268 g/mol. The van der Waals surface area contributed by atoms with E-state index in [1.54, 1.807) is 0 Å². The number of carbonyl (C=O) groups is 1. The van der Waals surface area contributed by atoms with Gasteiger partial charge in [0.1, 0.15) is 0 Å². The molecule has 1 atom stereocenters. The largest absolute Gasteiger partial charge is 0.662 e. The second-order valence-corrected chi connectivity index (χ2v) is 6.78. The third kappa shape index (κ3) is 8.73. The fourth-order valence-corrected chi connectivity index (χ4v) is 3.23. The maximum absolute atomic E-state index is 10.9. The first-order chi connectivity index (χ1) is 7.22. The van der Waals surface area contributed by atoms with Crippen molar-refractivity contribution in [3.8, 4) is 0 Å². The topological polar surface area (TPSA) is 116 Å². The van der Waals surface area contributed by atoms with Crippen LogP contribution in [0.2, 0.25) is 6.04 Å². The van der Waals surface area contributed by atoms with Crippen LogP contribution < -0.4 is 0 Å². The van der Waals surface area contributed by atoms with Crippen LogP contribution in [-0.4, -0.2) is 50.1 Å². The molecule has 0 saturated carbocycles. The number of hydrogen-bond acceptors (Lipinski definition) is 7. The van der Waals surface area contributed by atoms with E-state index in [1.807, 2.05) is 0 Å². The van der Waals surface area contributed by atoms with Gasteiger partial charge >= 0.3 is 24.3 Å². The van der Waals surface area contributed by atoms with Crippen LogP contribution in [0.25, 0.3) is 0 Å². The summed E-state index contributed by atoms with van der Waals surface area (Å²) in [5, 5.41) is 0. The molecule has 94 valence electrons. The Balaban J connectivity index is 3.60. The fourth-order valence-electron chi connectivity index (χ4n) is 0.787. The van der Waals surface area contributed by atoms with Gasteiger partial charge in [0.05, 0.1) is 6.61 Å². The summed E-state index contributed by atoms with van der Waals surface area (Å²) in [7, 11) is -7.45. The Morgan fingerprint density at radius 1 is 1.44 bits per heavy atom. The molecule has 1 unspecified atom stereocenters. The van der Waals surface area contributed by atoms with Gasteiger partial charge in [-0.1, -0.05) is 6.58 Å². The van der Waals surface area contributed by atoms with Crippen molar-refractivity contribution in [2.24, 2.45) is 0 Å². The van der Waals surface area contributed by atoms with Crippen molar-refractivity contribution in [3.63, 3.8) is 0 Å². The maximum Gasteiger partial charge on any atom is 0.662 e. The maximum atomic E-state index is 10.9. The zero-order valence-corrected chi connectivity index (χ0v) is 11.1.